The minimum absolute atomic E-state index is 0.327. The molecule has 0 bridgehead atoms. The first kappa shape index (κ1) is 14.1. The van der Waals surface area contributed by atoms with Crippen molar-refractivity contribution < 1.29 is 4.39 Å². The topological polar surface area (TPSA) is 97.3 Å². The maximum Gasteiger partial charge on any atom is 0.268 e. The molecule has 0 aliphatic rings. The van der Waals surface area contributed by atoms with E-state index in [1.165, 1.54) is 12.1 Å². The molecule has 4 N–H and O–H groups in total. The van der Waals surface area contributed by atoms with Gasteiger partial charge in [0.25, 0.3) is 11.1 Å². The molecule has 7 heteroatoms. The number of benzene rings is 1. The molecule has 2 aromatic heterocycles. The van der Waals surface area contributed by atoms with Crippen molar-refractivity contribution in [1.29, 1.82) is 0 Å². The number of aromatic nitrogens is 4. The van der Waals surface area contributed by atoms with Gasteiger partial charge in [0.15, 0.2) is 0 Å². The summed E-state index contributed by atoms with van der Waals surface area (Å²) in [4.78, 5) is 24.3. The van der Waals surface area contributed by atoms with Gasteiger partial charge in [-0.15, -0.1) is 0 Å². The molecule has 22 heavy (non-hydrogen) atoms. The summed E-state index contributed by atoms with van der Waals surface area (Å²) in [6.45, 7) is 3.46. The lowest BCUT2D eigenvalue weighted by molar-refractivity contribution is 0.624. The first-order valence-electron chi connectivity index (χ1n) is 6.78. The Balaban J connectivity index is 2.33. The zero-order valence-corrected chi connectivity index (χ0v) is 12.1. The molecule has 1 aromatic carbocycles. The Morgan fingerprint density at radius 2 is 1.45 bits per heavy atom. The molecule has 0 spiro atoms. The zero-order valence-electron chi connectivity index (χ0n) is 12.1. The Morgan fingerprint density at radius 1 is 0.909 bits per heavy atom. The molecule has 3 rings (SSSR count). The van der Waals surface area contributed by atoms with Gasteiger partial charge in [-0.1, -0.05) is 12.1 Å². The summed E-state index contributed by atoms with van der Waals surface area (Å²) >= 11 is 0. The van der Waals surface area contributed by atoms with Crippen molar-refractivity contribution in [3.63, 3.8) is 0 Å². The highest BCUT2D eigenvalue weighted by Crippen LogP contribution is 2.31. The van der Waals surface area contributed by atoms with Gasteiger partial charge in [0.2, 0.25) is 0 Å². The van der Waals surface area contributed by atoms with Gasteiger partial charge in [-0.3, -0.25) is 19.8 Å². The van der Waals surface area contributed by atoms with Crippen LogP contribution in [0.4, 0.5) is 4.39 Å². The molecular weight excluding hydrogens is 287 g/mol. The van der Waals surface area contributed by atoms with E-state index in [4.69, 9.17) is 0 Å². The Kier molecular flexibility index (Phi) is 3.32. The number of aryl methyl sites for hydroxylation is 2. The van der Waals surface area contributed by atoms with E-state index in [-0.39, 0.29) is 11.1 Å². The molecule has 0 aliphatic carbocycles. The Labute approximate surface area is 124 Å². The summed E-state index contributed by atoms with van der Waals surface area (Å²) in [5.41, 5.74) is 1.91. The Bertz CT molecular complexity index is 877. The van der Waals surface area contributed by atoms with Crippen molar-refractivity contribution in [3.05, 3.63) is 78.9 Å². The number of aromatic amines is 4. The summed E-state index contributed by atoms with van der Waals surface area (Å²) in [6, 6.07) is 5.92. The van der Waals surface area contributed by atoms with Crippen molar-refractivity contribution in [2.45, 2.75) is 19.8 Å². The number of rotatable bonds is 3. The van der Waals surface area contributed by atoms with Crippen molar-refractivity contribution in [3.8, 4) is 0 Å². The fourth-order valence-corrected chi connectivity index (χ4v) is 2.77. The minimum Gasteiger partial charge on any atom is -0.302 e. The van der Waals surface area contributed by atoms with E-state index in [0.29, 0.717) is 28.1 Å². The van der Waals surface area contributed by atoms with E-state index in [1.807, 2.05) is 0 Å². The lowest BCUT2D eigenvalue weighted by Gasteiger charge is -2.15. The van der Waals surface area contributed by atoms with Crippen molar-refractivity contribution >= 4 is 0 Å². The first-order chi connectivity index (χ1) is 10.5. The number of hydrogen-bond acceptors (Lipinski definition) is 2. The van der Waals surface area contributed by atoms with Gasteiger partial charge in [-0.05, 0) is 31.5 Å². The predicted molar refractivity (Wildman–Crippen MR) is 79.6 cm³/mol. The fraction of sp³-hybridized carbons (Fsp3) is 0.200. The molecule has 3 aromatic rings. The highest BCUT2D eigenvalue weighted by molar-refractivity contribution is 5.44. The third-order valence-corrected chi connectivity index (χ3v) is 3.78. The van der Waals surface area contributed by atoms with Gasteiger partial charge in [0, 0.05) is 17.3 Å². The highest BCUT2D eigenvalue weighted by Gasteiger charge is 2.28. The number of hydrogen-bond donors (Lipinski definition) is 4. The van der Waals surface area contributed by atoms with Crippen molar-refractivity contribution in [1.82, 2.24) is 20.4 Å². The summed E-state index contributed by atoms with van der Waals surface area (Å²) < 4.78 is 13.6. The lowest BCUT2D eigenvalue weighted by Crippen LogP contribution is -2.20. The van der Waals surface area contributed by atoms with Gasteiger partial charge in [-0.25, -0.2) is 4.39 Å². The number of nitrogens with one attached hydrogen (secondary N) is 4. The van der Waals surface area contributed by atoms with Crippen LogP contribution in [0.1, 0.15) is 34.0 Å². The average Bonchev–Trinajstić information content (AvgIpc) is 2.97. The van der Waals surface area contributed by atoms with E-state index in [0.717, 1.165) is 0 Å². The Morgan fingerprint density at radius 3 is 1.86 bits per heavy atom. The first-order valence-corrected chi connectivity index (χ1v) is 6.78. The fourth-order valence-electron chi connectivity index (χ4n) is 2.77. The molecule has 0 amide bonds. The molecule has 0 saturated heterocycles. The standard InChI is InChI=1S/C15H15FN4O2/c1-7-11(14(21)19-17-7)13(9-4-3-5-10(16)6-9)12-8(2)18-20-15(12)22/h3-6,13H,1-2H3,(H2,17,19,21)(H2,18,20,22). The Hall–Kier alpha value is -2.83. The molecule has 0 fully saturated rings. The van der Waals surface area contributed by atoms with Crippen LogP contribution < -0.4 is 11.1 Å². The molecule has 2 heterocycles. The van der Waals surface area contributed by atoms with Crippen LogP contribution in [0, 0.1) is 19.7 Å². The lowest BCUT2D eigenvalue weighted by atomic mass is 9.85. The van der Waals surface area contributed by atoms with E-state index >= 15 is 0 Å². The van der Waals surface area contributed by atoms with Gasteiger partial charge in [0.05, 0.1) is 11.1 Å². The molecule has 0 atom stereocenters. The van der Waals surface area contributed by atoms with Gasteiger partial charge >= 0.3 is 0 Å². The molecule has 0 saturated carbocycles. The molecular formula is C15H15FN4O2. The van der Waals surface area contributed by atoms with Crippen LogP contribution in [0.2, 0.25) is 0 Å². The SMILES string of the molecule is Cc1[nH][nH]c(=O)c1C(c1cccc(F)c1)c1c(C)[nH][nH]c1=O. The van der Waals surface area contributed by atoms with E-state index in [2.05, 4.69) is 20.4 Å². The molecule has 0 radical (unpaired) electrons. The highest BCUT2D eigenvalue weighted by atomic mass is 19.1. The predicted octanol–water partition coefficient (Wildman–Crippen LogP) is 1.66. The third kappa shape index (κ3) is 2.20. The largest absolute Gasteiger partial charge is 0.302 e. The third-order valence-electron chi connectivity index (χ3n) is 3.78. The second-order valence-electron chi connectivity index (χ2n) is 5.22. The van der Waals surface area contributed by atoms with Crippen LogP contribution in [0.3, 0.4) is 0 Å². The molecule has 0 unspecified atom stereocenters. The second-order valence-corrected chi connectivity index (χ2v) is 5.22. The average molecular weight is 302 g/mol. The maximum absolute atomic E-state index is 13.6. The number of halogens is 1. The molecule has 114 valence electrons. The maximum atomic E-state index is 13.6. The normalized spacial score (nSPS) is 11.3. The quantitative estimate of drug-likeness (QED) is 0.592. The summed E-state index contributed by atoms with van der Waals surface area (Å²) in [5, 5.41) is 10.5. The minimum atomic E-state index is -0.652. The van der Waals surface area contributed by atoms with E-state index < -0.39 is 11.7 Å². The monoisotopic (exact) mass is 302 g/mol. The van der Waals surface area contributed by atoms with Crippen LogP contribution in [0.25, 0.3) is 0 Å². The van der Waals surface area contributed by atoms with Gasteiger partial charge in [0.1, 0.15) is 5.82 Å². The van der Waals surface area contributed by atoms with Crippen LogP contribution >= 0.6 is 0 Å². The summed E-state index contributed by atoms with van der Waals surface area (Å²) in [6.07, 6.45) is 0. The smallest absolute Gasteiger partial charge is 0.268 e. The van der Waals surface area contributed by atoms with Crippen molar-refractivity contribution in [2.24, 2.45) is 0 Å². The second kappa shape index (κ2) is 5.18. The van der Waals surface area contributed by atoms with Gasteiger partial charge in [-0.2, -0.15) is 0 Å². The summed E-state index contributed by atoms with van der Waals surface area (Å²) in [5.74, 6) is -1.07. The van der Waals surface area contributed by atoms with Crippen LogP contribution in [-0.2, 0) is 0 Å². The molecule has 0 aliphatic heterocycles. The van der Waals surface area contributed by atoms with Crippen molar-refractivity contribution in [2.75, 3.05) is 0 Å². The van der Waals surface area contributed by atoms with E-state index in [1.54, 1.807) is 26.0 Å². The van der Waals surface area contributed by atoms with Gasteiger partial charge < -0.3 is 10.2 Å². The van der Waals surface area contributed by atoms with Crippen LogP contribution in [-0.4, -0.2) is 20.4 Å². The number of H-pyrrole nitrogens is 4. The molecule has 6 nitrogen and oxygen atoms in total. The van der Waals surface area contributed by atoms with E-state index in [9.17, 15) is 14.0 Å². The van der Waals surface area contributed by atoms with Crippen LogP contribution in [0.15, 0.2) is 33.9 Å². The summed E-state index contributed by atoms with van der Waals surface area (Å²) in [7, 11) is 0. The zero-order chi connectivity index (χ0) is 15.9. The van der Waals surface area contributed by atoms with Crippen LogP contribution in [0.5, 0.6) is 0 Å².